The third kappa shape index (κ3) is 4.31. The third-order valence-electron chi connectivity index (χ3n) is 6.28. The SMILES string of the molecule is COC(=O)N1C[C@@H](c2ccc(OC)c(OC3CCCC3)c2)[C@](C)(C(O)C(F)(F)F)C1. The van der Waals surface area contributed by atoms with E-state index >= 15 is 0 Å². The maximum atomic E-state index is 13.5. The summed E-state index contributed by atoms with van der Waals surface area (Å²) in [5, 5.41) is 10.2. The van der Waals surface area contributed by atoms with Gasteiger partial charge in [0.2, 0.25) is 0 Å². The quantitative estimate of drug-likeness (QED) is 0.760. The molecular formula is C21H28F3NO5. The van der Waals surface area contributed by atoms with E-state index in [1.807, 2.05) is 0 Å². The van der Waals surface area contributed by atoms with Crippen molar-refractivity contribution >= 4 is 6.09 Å². The number of aliphatic hydroxyl groups excluding tert-OH is 1. The number of nitrogens with zero attached hydrogens (tertiary/aromatic N) is 1. The van der Waals surface area contributed by atoms with Gasteiger partial charge in [-0.05, 0) is 43.4 Å². The van der Waals surface area contributed by atoms with Crippen LogP contribution in [0.4, 0.5) is 18.0 Å². The molecule has 30 heavy (non-hydrogen) atoms. The van der Waals surface area contributed by atoms with Gasteiger partial charge in [-0.1, -0.05) is 13.0 Å². The maximum Gasteiger partial charge on any atom is 0.414 e. The Bertz CT molecular complexity index is 765. The molecule has 1 aliphatic heterocycles. The van der Waals surface area contributed by atoms with Crippen LogP contribution in [0.5, 0.6) is 11.5 Å². The average molecular weight is 431 g/mol. The number of benzene rings is 1. The highest BCUT2D eigenvalue weighted by atomic mass is 19.4. The van der Waals surface area contributed by atoms with E-state index in [1.54, 1.807) is 18.2 Å². The zero-order valence-electron chi connectivity index (χ0n) is 17.4. The van der Waals surface area contributed by atoms with Gasteiger partial charge in [0.1, 0.15) is 0 Å². The Morgan fingerprint density at radius 3 is 2.47 bits per heavy atom. The van der Waals surface area contributed by atoms with Crippen LogP contribution in [0.25, 0.3) is 0 Å². The molecule has 2 fully saturated rings. The van der Waals surface area contributed by atoms with Gasteiger partial charge in [-0.25, -0.2) is 4.79 Å². The molecule has 6 nitrogen and oxygen atoms in total. The van der Waals surface area contributed by atoms with Gasteiger partial charge in [0, 0.05) is 24.4 Å². The lowest BCUT2D eigenvalue weighted by Gasteiger charge is -2.36. The summed E-state index contributed by atoms with van der Waals surface area (Å²) in [5.74, 6) is 0.180. The standard InChI is InChI=1S/C21H28F3NO5/c1-20(18(26)21(22,23)24)12-25(19(27)29-3)11-15(20)13-8-9-16(28-2)17(10-13)30-14-6-4-5-7-14/h8-10,14-15,18,26H,4-7,11-12H2,1-3H3/t15-,18?,20+/m0/s1. The van der Waals surface area contributed by atoms with E-state index in [1.165, 1.54) is 26.0 Å². The summed E-state index contributed by atoms with van der Waals surface area (Å²) in [5.41, 5.74) is -1.10. The molecule has 1 unspecified atom stereocenters. The van der Waals surface area contributed by atoms with Gasteiger partial charge in [-0.3, -0.25) is 0 Å². The third-order valence-corrected chi connectivity index (χ3v) is 6.28. The number of carbonyl (C=O) groups is 1. The molecule has 1 amide bonds. The molecule has 2 aliphatic rings. The molecule has 3 rings (SSSR count). The Kier molecular flexibility index (Phi) is 6.40. The fourth-order valence-electron chi connectivity index (χ4n) is 4.61. The number of methoxy groups -OCH3 is 2. The fraction of sp³-hybridized carbons (Fsp3) is 0.667. The van der Waals surface area contributed by atoms with Crippen LogP contribution >= 0.6 is 0 Å². The minimum absolute atomic E-state index is 0.00842. The monoisotopic (exact) mass is 431 g/mol. The van der Waals surface area contributed by atoms with Crippen LogP contribution in [0, 0.1) is 5.41 Å². The number of likely N-dealkylation sites (tertiary alicyclic amines) is 1. The molecule has 0 spiro atoms. The number of ether oxygens (including phenoxy) is 3. The lowest BCUT2D eigenvalue weighted by molar-refractivity contribution is -0.236. The second-order valence-electron chi connectivity index (χ2n) is 8.29. The predicted molar refractivity (Wildman–Crippen MR) is 103 cm³/mol. The first kappa shape index (κ1) is 22.5. The Balaban J connectivity index is 1.98. The van der Waals surface area contributed by atoms with Crippen molar-refractivity contribution in [2.75, 3.05) is 27.3 Å². The van der Waals surface area contributed by atoms with Crippen molar-refractivity contribution in [3.8, 4) is 11.5 Å². The molecule has 9 heteroatoms. The molecule has 1 aromatic carbocycles. The number of carbonyl (C=O) groups excluding carboxylic acids is 1. The second kappa shape index (κ2) is 8.53. The highest BCUT2D eigenvalue weighted by molar-refractivity contribution is 5.68. The predicted octanol–water partition coefficient (Wildman–Crippen LogP) is 4.11. The van der Waals surface area contributed by atoms with Crippen molar-refractivity contribution in [3.63, 3.8) is 0 Å². The lowest BCUT2D eigenvalue weighted by atomic mass is 9.71. The van der Waals surface area contributed by atoms with Crippen LogP contribution in [0.2, 0.25) is 0 Å². The van der Waals surface area contributed by atoms with Crippen molar-refractivity contribution < 1.29 is 37.3 Å². The van der Waals surface area contributed by atoms with Gasteiger partial charge in [-0.2, -0.15) is 13.2 Å². The molecule has 1 saturated heterocycles. The summed E-state index contributed by atoms with van der Waals surface area (Å²) in [4.78, 5) is 13.2. The van der Waals surface area contributed by atoms with Crippen LogP contribution < -0.4 is 9.47 Å². The zero-order chi connectivity index (χ0) is 22.1. The number of alkyl halides is 3. The minimum atomic E-state index is -4.82. The van der Waals surface area contributed by atoms with Crippen molar-refractivity contribution in [2.45, 2.75) is 56.9 Å². The van der Waals surface area contributed by atoms with E-state index in [4.69, 9.17) is 14.2 Å². The summed E-state index contributed by atoms with van der Waals surface area (Å²) < 4.78 is 56.6. The topological polar surface area (TPSA) is 68.2 Å². The number of hydrogen-bond donors (Lipinski definition) is 1. The van der Waals surface area contributed by atoms with E-state index in [0.29, 0.717) is 17.1 Å². The number of rotatable bonds is 5. The van der Waals surface area contributed by atoms with E-state index in [9.17, 15) is 23.1 Å². The normalized spacial score (nSPS) is 26.0. The van der Waals surface area contributed by atoms with Crippen molar-refractivity contribution in [3.05, 3.63) is 23.8 Å². The summed E-state index contributed by atoms with van der Waals surface area (Å²) in [6.45, 7) is 1.06. The molecule has 168 valence electrons. The van der Waals surface area contributed by atoms with E-state index < -0.39 is 29.7 Å². The van der Waals surface area contributed by atoms with Crippen LogP contribution in [-0.2, 0) is 4.74 Å². The molecule has 3 atom stereocenters. The summed E-state index contributed by atoms with van der Waals surface area (Å²) in [7, 11) is 2.68. The fourth-order valence-corrected chi connectivity index (χ4v) is 4.61. The first-order valence-corrected chi connectivity index (χ1v) is 10.0. The van der Waals surface area contributed by atoms with Crippen LogP contribution in [0.15, 0.2) is 18.2 Å². The van der Waals surface area contributed by atoms with Gasteiger partial charge in [0.05, 0.1) is 20.3 Å². The van der Waals surface area contributed by atoms with Gasteiger partial charge in [0.15, 0.2) is 17.6 Å². The van der Waals surface area contributed by atoms with Crippen LogP contribution in [0.1, 0.15) is 44.1 Å². The van der Waals surface area contributed by atoms with Crippen molar-refractivity contribution in [2.24, 2.45) is 5.41 Å². The number of amides is 1. The number of hydrogen-bond acceptors (Lipinski definition) is 5. The Labute approximate surface area is 173 Å². The lowest BCUT2D eigenvalue weighted by Crippen LogP contribution is -2.48. The van der Waals surface area contributed by atoms with Crippen molar-refractivity contribution in [1.82, 2.24) is 4.90 Å². The Morgan fingerprint density at radius 1 is 1.23 bits per heavy atom. The highest BCUT2D eigenvalue weighted by Gasteiger charge is 2.58. The molecule has 1 aliphatic carbocycles. The molecule has 0 aromatic heterocycles. The van der Waals surface area contributed by atoms with Crippen LogP contribution in [-0.4, -0.2) is 61.8 Å². The van der Waals surface area contributed by atoms with Gasteiger partial charge in [-0.15, -0.1) is 0 Å². The van der Waals surface area contributed by atoms with Gasteiger partial charge < -0.3 is 24.2 Å². The molecular weight excluding hydrogens is 403 g/mol. The first-order chi connectivity index (χ1) is 14.1. The van der Waals surface area contributed by atoms with Gasteiger partial charge >= 0.3 is 12.3 Å². The number of halogens is 3. The summed E-state index contributed by atoms with van der Waals surface area (Å²) >= 11 is 0. The Morgan fingerprint density at radius 2 is 1.90 bits per heavy atom. The van der Waals surface area contributed by atoms with Crippen molar-refractivity contribution in [1.29, 1.82) is 0 Å². The summed E-state index contributed by atoms with van der Waals surface area (Å²) in [6.07, 6.45) is -4.15. The Hall–Kier alpha value is -2.16. The van der Waals surface area contributed by atoms with E-state index in [2.05, 4.69) is 0 Å². The molecule has 0 bridgehead atoms. The first-order valence-electron chi connectivity index (χ1n) is 10.0. The zero-order valence-corrected chi connectivity index (χ0v) is 17.4. The van der Waals surface area contributed by atoms with E-state index in [-0.39, 0.29) is 19.2 Å². The average Bonchev–Trinajstić information content (AvgIpc) is 3.34. The van der Waals surface area contributed by atoms with E-state index in [0.717, 1.165) is 25.7 Å². The highest BCUT2D eigenvalue weighted by Crippen LogP contribution is 2.50. The molecule has 1 heterocycles. The van der Waals surface area contributed by atoms with Gasteiger partial charge in [0.25, 0.3) is 0 Å². The molecule has 1 N–H and O–H groups in total. The largest absolute Gasteiger partial charge is 0.493 e. The minimum Gasteiger partial charge on any atom is -0.493 e. The summed E-state index contributed by atoms with van der Waals surface area (Å²) in [6, 6.07) is 4.98. The maximum absolute atomic E-state index is 13.5. The molecule has 1 aromatic rings. The molecule has 1 saturated carbocycles. The molecule has 0 radical (unpaired) electrons. The number of aliphatic hydroxyl groups is 1. The second-order valence-corrected chi connectivity index (χ2v) is 8.29. The smallest absolute Gasteiger partial charge is 0.414 e. The van der Waals surface area contributed by atoms with Crippen LogP contribution in [0.3, 0.4) is 0 Å².